The Morgan fingerprint density at radius 2 is 2.00 bits per heavy atom. The molecule has 4 nitrogen and oxygen atoms in total. The summed E-state index contributed by atoms with van der Waals surface area (Å²) in [6.45, 7) is 2.18. The van der Waals surface area contributed by atoms with Gasteiger partial charge in [-0.2, -0.15) is 0 Å². The number of aryl methyl sites for hydroxylation is 1. The molecule has 0 unspecified atom stereocenters. The van der Waals surface area contributed by atoms with Crippen molar-refractivity contribution in [1.29, 1.82) is 0 Å². The van der Waals surface area contributed by atoms with E-state index in [1.54, 1.807) is 11.3 Å². The molecule has 0 saturated heterocycles. The van der Waals surface area contributed by atoms with E-state index in [9.17, 15) is 4.79 Å². The van der Waals surface area contributed by atoms with Gasteiger partial charge < -0.3 is 9.26 Å². The number of carbonyl (C=O) groups is 1. The van der Waals surface area contributed by atoms with Gasteiger partial charge in [-0.15, -0.1) is 11.3 Å². The van der Waals surface area contributed by atoms with Crippen LogP contribution < -0.4 is 0 Å². The van der Waals surface area contributed by atoms with Gasteiger partial charge in [-0.3, -0.25) is 4.79 Å². The predicted molar refractivity (Wildman–Crippen MR) is 101 cm³/mol. The van der Waals surface area contributed by atoms with Crippen molar-refractivity contribution >= 4 is 17.3 Å². The van der Waals surface area contributed by atoms with Crippen LogP contribution in [0.5, 0.6) is 0 Å². The molecule has 4 rings (SSSR count). The van der Waals surface area contributed by atoms with Gasteiger partial charge in [0, 0.05) is 16.5 Å². The third-order valence-corrected chi connectivity index (χ3v) is 6.16. The van der Waals surface area contributed by atoms with E-state index in [0.29, 0.717) is 11.5 Å². The van der Waals surface area contributed by atoms with Crippen LogP contribution in [-0.4, -0.2) is 11.1 Å². The average molecular weight is 367 g/mol. The smallest absolute Gasteiger partial charge is 0.317 e. The van der Waals surface area contributed by atoms with E-state index in [1.165, 1.54) is 5.56 Å². The molecule has 0 N–H and O–H groups in total. The molecule has 1 aliphatic rings. The maximum atomic E-state index is 12.9. The average Bonchev–Trinajstić information content (AvgIpc) is 3.41. The van der Waals surface area contributed by atoms with Crippen molar-refractivity contribution in [2.45, 2.75) is 44.6 Å². The predicted octanol–water partition coefficient (Wildman–Crippen LogP) is 5.27. The molecule has 1 fully saturated rings. The fraction of sp³-hybridized carbons (Fsp3) is 0.333. The first-order chi connectivity index (χ1) is 12.7. The number of esters is 1. The van der Waals surface area contributed by atoms with E-state index in [2.05, 4.69) is 5.16 Å². The highest BCUT2D eigenvalue weighted by Crippen LogP contribution is 2.44. The van der Waals surface area contributed by atoms with Crippen LogP contribution in [-0.2, 0) is 21.6 Å². The van der Waals surface area contributed by atoms with Crippen LogP contribution in [0.25, 0.3) is 11.3 Å². The fourth-order valence-corrected chi connectivity index (χ4v) is 4.57. The second kappa shape index (κ2) is 7.08. The zero-order valence-corrected chi connectivity index (χ0v) is 15.6. The Kier molecular flexibility index (Phi) is 4.64. The molecule has 1 aromatic carbocycles. The molecule has 0 aliphatic heterocycles. The van der Waals surface area contributed by atoms with Crippen LogP contribution in [0.1, 0.15) is 41.8 Å². The second-order valence-electron chi connectivity index (χ2n) is 6.89. The lowest BCUT2D eigenvalue weighted by molar-refractivity contribution is -0.152. The van der Waals surface area contributed by atoms with Crippen LogP contribution in [0.2, 0.25) is 0 Å². The first-order valence-corrected chi connectivity index (χ1v) is 9.79. The summed E-state index contributed by atoms with van der Waals surface area (Å²) in [5.74, 6) is 0.544. The van der Waals surface area contributed by atoms with Gasteiger partial charge in [0.05, 0.1) is 0 Å². The Bertz CT molecular complexity index is 874. The van der Waals surface area contributed by atoms with Gasteiger partial charge in [0.2, 0.25) is 0 Å². The van der Waals surface area contributed by atoms with Gasteiger partial charge in [-0.05, 0) is 31.2 Å². The van der Waals surface area contributed by atoms with Crippen LogP contribution in [0.3, 0.4) is 0 Å². The Hall–Kier alpha value is -2.40. The van der Waals surface area contributed by atoms with E-state index in [0.717, 1.165) is 36.1 Å². The van der Waals surface area contributed by atoms with E-state index in [4.69, 9.17) is 9.26 Å². The second-order valence-corrected chi connectivity index (χ2v) is 7.84. The topological polar surface area (TPSA) is 52.3 Å². The van der Waals surface area contributed by atoms with E-state index >= 15 is 0 Å². The zero-order chi connectivity index (χ0) is 18.0. The lowest BCUT2D eigenvalue weighted by Crippen LogP contribution is -2.33. The summed E-state index contributed by atoms with van der Waals surface area (Å²) in [4.78, 5) is 14.0. The minimum Gasteiger partial charge on any atom is -0.458 e. The van der Waals surface area contributed by atoms with Crippen LogP contribution in [0, 0.1) is 6.92 Å². The lowest BCUT2D eigenvalue weighted by atomic mass is 9.84. The molecule has 2 heterocycles. The number of benzene rings is 1. The third-order valence-electron chi connectivity index (χ3n) is 5.09. The zero-order valence-electron chi connectivity index (χ0n) is 14.7. The Morgan fingerprint density at radius 1 is 1.23 bits per heavy atom. The summed E-state index contributed by atoms with van der Waals surface area (Å²) in [5.41, 5.74) is 2.31. The molecule has 1 aliphatic carbocycles. The van der Waals surface area contributed by atoms with Gasteiger partial charge in [-0.1, -0.05) is 53.9 Å². The monoisotopic (exact) mass is 367 g/mol. The van der Waals surface area contributed by atoms with Gasteiger partial charge in [-0.25, -0.2) is 0 Å². The number of carbonyl (C=O) groups excluding carboxylic acids is 1. The summed E-state index contributed by atoms with van der Waals surface area (Å²) in [5, 5.41) is 6.07. The number of ether oxygens (including phenoxy) is 1. The van der Waals surface area contributed by atoms with Gasteiger partial charge in [0.1, 0.15) is 17.7 Å². The molecule has 0 atom stereocenters. The van der Waals surface area contributed by atoms with Crippen LogP contribution in [0.15, 0.2) is 52.4 Å². The molecule has 0 amide bonds. The highest BCUT2D eigenvalue weighted by atomic mass is 32.1. The number of thiophene rings is 1. The summed E-state index contributed by atoms with van der Waals surface area (Å²) in [7, 11) is 0. The van der Waals surface area contributed by atoms with Crippen molar-refractivity contribution in [2.24, 2.45) is 0 Å². The maximum Gasteiger partial charge on any atom is 0.317 e. The summed E-state index contributed by atoms with van der Waals surface area (Å²) in [6.07, 6.45) is 3.85. The highest BCUT2D eigenvalue weighted by molar-refractivity contribution is 7.10. The van der Waals surface area contributed by atoms with E-state index in [1.807, 2.05) is 54.8 Å². The first-order valence-electron chi connectivity index (χ1n) is 8.91. The molecule has 3 aromatic rings. The molecule has 26 heavy (non-hydrogen) atoms. The number of aromatic nitrogens is 1. The van der Waals surface area contributed by atoms with Gasteiger partial charge in [0.25, 0.3) is 0 Å². The summed E-state index contributed by atoms with van der Waals surface area (Å²) in [6, 6.07) is 13.9. The highest BCUT2D eigenvalue weighted by Gasteiger charge is 2.45. The first kappa shape index (κ1) is 17.0. The summed E-state index contributed by atoms with van der Waals surface area (Å²) < 4.78 is 11.1. The summed E-state index contributed by atoms with van der Waals surface area (Å²) >= 11 is 1.64. The molecular weight excluding hydrogens is 346 g/mol. The standard InChI is InChI=1S/C21H21NO3S/c1-15-6-8-16(9-7-15)18-13-17(22-25-18)14-24-20(23)21(10-2-3-11-21)19-5-4-12-26-19/h4-9,12-13H,2-3,10-11,14H2,1H3. The Morgan fingerprint density at radius 3 is 2.69 bits per heavy atom. The lowest BCUT2D eigenvalue weighted by Gasteiger charge is -2.25. The molecule has 5 heteroatoms. The quantitative estimate of drug-likeness (QED) is 0.577. The number of nitrogens with zero attached hydrogens (tertiary/aromatic N) is 1. The molecular formula is C21H21NO3S. The normalized spacial score (nSPS) is 15.9. The molecule has 0 spiro atoms. The minimum absolute atomic E-state index is 0.140. The third kappa shape index (κ3) is 3.19. The van der Waals surface area contributed by atoms with Crippen molar-refractivity contribution in [1.82, 2.24) is 5.16 Å². The van der Waals surface area contributed by atoms with Crippen molar-refractivity contribution in [2.75, 3.05) is 0 Å². The largest absolute Gasteiger partial charge is 0.458 e. The molecule has 134 valence electrons. The van der Waals surface area contributed by atoms with Gasteiger partial charge in [0.15, 0.2) is 5.76 Å². The molecule has 2 aromatic heterocycles. The van der Waals surface area contributed by atoms with Gasteiger partial charge >= 0.3 is 5.97 Å². The number of rotatable bonds is 5. The van der Waals surface area contributed by atoms with Crippen LogP contribution >= 0.6 is 11.3 Å². The van der Waals surface area contributed by atoms with E-state index in [-0.39, 0.29) is 12.6 Å². The molecule has 1 saturated carbocycles. The molecule has 0 radical (unpaired) electrons. The van der Waals surface area contributed by atoms with Crippen molar-refractivity contribution in [3.8, 4) is 11.3 Å². The SMILES string of the molecule is Cc1ccc(-c2cc(COC(=O)C3(c4cccs4)CCCC3)no2)cc1. The number of hydrogen-bond acceptors (Lipinski definition) is 5. The van der Waals surface area contributed by atoms with Crippen molar-refractivity contribution in [3.05, 3.63) is 64.0 Å². The fourth-order valence-electron chi connectivity index (χ4n) is 3.59. The Balaban J connectivity index is 1.45. The van der Waals surface area contributed by atoms with Crippen molar-refractivity contribution < 1.29 is 14.1 Å². The molecule has 0 bridgehead atoms. The number of hydrogen-bond donors (Lipinski definition) is 0. The van der Waals surface area contributed by atoms with Crippen molar-refractivity contribution in [3.63, 3.8) is 0 Å². The Labute approximate surface area is 156 Å². The van der Waals surface area contributed by atoms with Crippen LogP contribution in [0.4, 0.5) is 0 Å². The van der Waals surface area contributed by atoms with E-state index < -0.39 is 5.41 Å². The minimum atomic E-state index is -0.475. The maximum absolute atomic E-state index is 12.9.